The molecule has 0 saturated carbocycles. The Balaban J connectivity index is 1.58. The van der Waals surface area contributed by atoms with Gasteiger partial charge < -0.3 is 10.6 Å². The Kier molecular flexibility index (Phi) is 7.01. The summed E-state index contributed by atoms with van der Waals surface area (Å²) < 4.78 is 0. The first kappa shape index (κ1) is 21.0. The van der Waals surface area contributed by atoms with E-state index in [2.05, 4.69) is 15.6 Å². The van der Waals surface area contributed by atoms with Gasteiger partial charge in [-0.25, -0.2) is 4.98 Å². The molecule has 29 heavy (non-hydrogen) atoms. The summed E-state index contributed by atoms with van der Waals surface area (Å²) in [5, 5.41) is 9.13. The van der Waals surface area contributed by atoms with Crippen LogP contribution in [0.1, 0.15) is 37.6 Å². The van der Waals surface area contributed by atoms with Gasteiger partial charge in [-0.05, 0) is 30.7 Å². The van der Waals surface area contributed by atoms with Gasteiger partial charge in [0.25, 0.3) is 0 Å². The van der Waals surface area contributed by atoms with Gasteiger partial charge in [0.15, 0.2) is 0 Å². The van der Waals surface area contributed by atoms with Crippen molar-refractivity contribution in [1.29, 1.82) is 0 Å². The zero-order chi connectivity index (χ0) is 20.8. The quantitative estimate of drug-likeness (QED) is 0.542. The number of nitrogens with one attached hydrogen (secondary N) is 2. The zero-order valence-corrected chi connectivity index (χ0v) is 17.8. The monoisotopic (exact) mass is 427 g/mol. The Morgan fingerprint density at radius 2 is 1.83 bits per heavy atom. The van der Waals surface area contributed by atoms with Crippen LogP contribution in [0.2, 0.25) is 5.02 Å². The van der Waals surface area contributed by atoms with E-state index >= 15 is 0 Å². The van der Waals surface area contributed by atoms with E-state index in [1.54, 1.807) is 6.92 Å². The molecule has 5 nitrogen and oxygen atoms in total. The minimum absolute atomic E-state index is 0.0291. The molecule has 0 spiro atoms. The molecule has 2 aromatic carbocycles. The Labute approximate surface area is 179 Å². The molecular weight excluding hydrogens is 406 g/mol. The molecule has 0 saturated heterocycles. The van der Waals surface area contributed by atoms with Crippen LogP contribution in [0, 0.1) is 0 Å². The number of hydrogen-bond donors (Lipinski definition) is 2. The van der Waals surface area contributed by atoms with Crippen molar-refractivity contribution in [3.8, 4) is 10.6 Å². The minimum Gasteiger partial charge on any atom is -0.349 e. The predicted molar refractivity (Wildman–Crippen MR) is 118 cm³/mol. The molecule has 0 bridgehead atoms. The van der Waals surface area contributed by atoms with E-state index in [4.69, 9.17) is 11.6 Å². The molecular formula is C22H22ClN3O2S. The molecule has 0 aliphatic carbocycles. The highest BCUT2D eigenvalue weighted by molar-refractivity contribution is 7.13. The third kappa shape index (κ3) is 5.65. The first-order chi connectivity index (χ1) is 14.0. The Bertz CT molecular complexity index is 1000. The average Bonchev–Trinajstić information content (AvgIpc) is 3.16. The van der Waals surface area contributed by atoms with E-state index < -0.39 is 0 Å². The molecule has 0 radical (unpaired) electrons. The number of anilines is 1. The number of halogens is 1. The Hall–Kier alpha value is -2.70. The van der Waals surface area contributed by atoms with Crippen molar-refractivity contribution in [3.05, 3.63) is 70.2 Å². The first-order valence-corrected chi connectivity index (χ1v) is 10.6. The second-order valence-electron chi connectivity index (χ2n) is 6.61. The third-order valence-electron chi connectivity index (χ3n) is 4.39. The fourth-order valence-corrected chi connectivity index (χ4v) is 3.93. The van der Waals surface area contributed by atoms with E-state index in [9.17, 15) is 9.59 Å². The second kappa shape index (κ2) is 9.67. The van der Waals surface area contributed by atoms with Gasteiger partial charge in [-0.2, -0.15) is 0 Å². The van der Waals surface area contributed by atoms with Crippen LogP contribution in [0.4, 0.5) is 5.69 Å². The number of amides is 2. The highest BCUT2D eigenvalue weighted by atomic mass is 35.5. The number of carbonyl (C=O) groups excluding carboxylic acids is 2. The number of nitrogens with zero attached hydrogens (tertiary/aromatic N) is 1. The minimum atomic E-state index is -0.153. The summed E-state index contributed by atoms with van der Waals surface area (Å²) in [6.45, 7) is 3.73. The molecule has 0 aliphatic heterocycles. The van der Waals surface area contributed by atoms with Crippen molar-refractivity contribution in [2.45, 2.75) is 32.7 Å². The third-order valence-corrected chi connectivity index (χ3v) is 5.64. The van der Waals surface area contributed by atoms with Gasteiger partial charge in [-0.1, -0.05) is 48.9 Å². The summed E-state index contributed by atoms with van der Waals surface area (Å²) in [5.74, 6) is -0.129. The lowest BCUT2D eigenvalue weighted by molar-refractivity contribution is -0.121. The number of hydrogen-bond acceptors (Lipinski definition) is 4. The van der Waals surface area contributed by atoms with Crippen molar-refractivity contribution >= 4 is 40.4 Å². The molecule has 1 unspecified atom stereocenters. The van der Waals surface area contributed by atoms with Crippen LogP contribution in [0.5, 0.6) is 0 Å². The summed E-state index contributed by atoms with van der Waals surface area (Å²) in [4.78, 5) is 28.4. The molecule has 3 aromatic rings. The molecule has 0 aliphatic rings. The molecule has 2 N–H and O–H groups in total. The lowest BCUT2D eigenvalue weighted by atomic mass is 10.1. The molecule has 3 rings (SSSR count). The van der Waals surface area contributed by atoms with Crippen molar-refractivity contribution in [1.82, 2.24) is 10.3 Å². The molecule has 1 aromatic heterocycles. The number of carbonyl (C=O) groups is 2. The Morgan fingerprint density at radius 3 is 2.52 bits per heavy atom. The van der Waals surface area contributed by atoms with Gasteiger partial charge in [-0.3, -0.25) is 9.59 Å². The van der Waals surface area contributed by atoms with Crippen LogP contribution in [-0.4, -0.2) is 16.8 Å². The maximum Gasteiger partial charge on any atom is 0.226 e. The van der Waals surface area contributed by atoms with Crippen LogP contribution in [0.15, 0.2) is 53.9 Å². The van der Waals surface area contributed by atoms with Gasteiger partial charge in [0.05, 0.1) is 23.2 Å². The maximum absolute atomic E-state index is 12.4. The number of aromatic nitrogens is 1. The molecule has 7 heteroatoms. The summed E-state index contributed by atoms with van der Waals surface area (Å²) in [5.41, 5.74) is 3.29. The highest BCUT2D eigenvalue weighted by Gasteiger charge is 2.14. The normalized spacial score (nSPS) is 11.7. The van der Waals surface area contributed by atoms with Crippen LogP contribution in [0.25, 0.3) is 10.6 Å². The predicted octanol–water partition coefficient (Wildman–Crippen LogP) is 5.23. The van der Waals surface area contributed by atoms with Crippen LogP contribution >= 0.6 is 22.9 Å². The highest BCUT2D eigenvalue weighted by Crippen LogP contribution is 2.30. The van der Waals surface area contributed by atoms with Gasteiger partial charge in [0.1, 0.15) is 5.01 Å². The average molecular weight is 428 g/mol. The maximum atomic E-state index is 12.4. The van der Waals surface area contributed by atoms with Crippen molar-refractivity contribution in [2.24, 2.45) is 0 Å². The fourth-order valence-electron chi connectivity index (χ4n) is 2.79. The van der Waals surface area contributed by atoms with E-state index in [0.717, 1.165) is 21.8 Å². The van der Waals surface area contributed by atoms with E-state index in [-0.39, 0.29) is 24.3 Å². The SMILES string of the molecule is CCC(=O)Nc1ccc(C(C)NC(=O)Cc2csc(-c3ccccc3Cl)n2)cc1. The fraction of sp³-hybridized carbons (Fsp3) is 0.227. The standard InChI is InChI=1S/C22H22ClN3O2S/c1-3-20(27)25-16-10-8-15(9-11-16)14(2)24-21(28)12-17-13-29-22(26-17)18-6-4-5-7-19(18)23/h4-11,13-14H,3,12H2,1-2H3,(H,24,28)(H,25,27). The smallest absolute Gasteiger partial charge is 0.226 e. The second-order valence-corrected chi connectivity index (χ2v) is 7.88. The van der Waals surface area contributed by atoms with Crippen LogP contribution < -0.4 is 10.6 Å². The van der Waals surface area contributed by atoms with Gasteiger partial charge >= 0.3 is 0 Å². The van der Waals surface area contributed by atoms with Gasteiger partial charge in [-0.15, -0.1) is 11.3 Å². The molecule has 150 valence electrons. The van der Waals surface area contributed by atoms with Gasteiger partial charge in [0.2, 0.25) is 11.8 Å². The lowest BCUT2D eigenvalue weighted by Crippen LogP contribution is -2.28. The molecule has 2 amide bonds. The summed E-state index contributed by atoms with van der Waals surface area (Å²) >= 11 is 7.69. The molecule has 0 fully saturated rings. The number of thiazole rings is 1. The lowest BCUT2D eigenvalue weighted by Gasteiger charge is -2.14. The number of rotatable bonds is 7. The van der Waals surface area contributed by atoms with Crippen molar-refractivity contribution < 1.29 is 9.59 Å². The summed E-state index contributed by atoms with van der Waals surface area (Å²) in [6, 6.07) is 14.8. The van der Waals surface area contributed by atoms with Crippen LogP contribution in [-0.2, 0) is 16.0 Å². The van der Waals surface area contributed by atoms with Crippen LogP contribution in [0.3, 0.4) is 0 Å². The summed E-state index contributed by atoms with van der Waals surface area (Å²) in [7, 11) is 0. The Morgan fingerprint density at radius 1 is 1.10 bits per heavy atom. The zero-order valence-electron chi connectivity index (χ0n) is 16.2. The topological polar surface area (TPSA) is 71.1 Å². The largest absolute Gasteiger partial charge is 0.349 e. The number of benzene rings is 2. The summed E-state index contributed by atoms with van der Waals surface area (Å²) in [6.07, 6.45) is 0.638. The van der Waals surface area contributed by atoms with E-state index in [1.807, 2.05) is 60.8 Å². The van der Waals surface area contributed by atoms with Crippen molar-refractivity contribution in [3.63, 3.8) is 0 Å². The van der Waals surface area contributed by atoms with Crippen molar-refractivity contribution in [2.75, 3.05) is 5.32 Å². The van der Waals surface area contributed by atoms with Gasteiger partial charge in [0, 0.05) is 23.1 Å². The molecule has 1 atom stereocenters. The van der Waals surface area contributed by atoms with E-state index in [1.165, 1.54) is 11.3 Å². The first-order valence-electron chi connectivity index (χ1n) is 9.34. The molecule has 1 heterocycles. The van der Waals surface area contributed by atoms with E-state index in [0.29, 0.717) is 17.1 Å².